The lowest BCUT2D eigenvalue weighted by atomic mass is 10.1. The van der Waals surface area contributed by atoms with Crippen LogP contribution in [-0.4, -0.2) is 17.1 Å². The SMILES string of the molecule is CC(C)(C)NCC(F)c1cnc2ccccc2c1. The molecule has 0 saturated carbocycles. The van der Waals surface area contributed by atoms with Gasteiger partial charge in [0.2, 0.25) is 0 Å². The molecule has 1 unspecified atom stereocenters. The summed E-state index contributed by atoms with van der Waals surface area (Å²) >= 11 is 0. The Morgan fingerprint density at radius 1 is 1.28 bits per heavy atom. The lowest BCUT2D eigenvalue weighted by molar-refractivity contribution is 0.291. The standard InChI is InChI=1S/C15H19FN2/c1-15(2,3)18-10-13(16)12-8-11-6-4-5-7-14(11)17-9-12/h4-9,13,18H,10H2,1-3H3. The molecule has 1 heterocycles. The molecule has 1 atom stereocenters. The van der Waals surface area contributed by atoms with E-state index >= 15 is 0 Å². The summed E-state index contributed by atoms with van der Waals surface area (Å²) in [5.74, 6) is 0. The average Bonchev–Trinajstić information content (AvgIpc) is 2.34. The van der Waals surface area contributed by atoms with Crippen LogP contribution in [0.4, 0.5) is 4.39 Å². The molecule has 2 nitrogen and oxygen atoms in total. The molecule has 2 aromatic rings. The smallest absolute Gasteiger partial charge is 0.139 e. The summed E-state index contributed by atoms with van der Waals surface area (Å²) in [7, 11) is 0. The summed E-state index contributed by atoms with van der Waals surface area (Å²) in [5, 5.41) is 4.15. The van der Waals surface area contributed by atoms with E-state index in [0.717, 1.165) is 10.9 Å². The van der Waals surface area contributed by atoms with Gasteiger partial charge in [-0.05, 0) is 32.9 Å². The maximum Gasteiger partial charge on any atom is 0.139 e. The second kappa shape index (κ2) is 5.02. The first kappa shape index (κ1) is 13.0. The molecule has 96 valence electrons. The van der Waals surface area contributed by atoms with Crippen molar-refractivity contribution < 1.29 is 4.39 Å². The molecule has 1 aromatic heterocycles. The highest BCUT2D eigenvalue weighted by Crippen LogP contribution is 2.21. The Hall–Kier alpha value is -1.48. The van der Waals surface area contributed by atoms with Crippen LogP contribution in [0.5, 0.6) is 0 Å². The quantitative estimate of drug-likeness (QED) is 0.894. The number of rotatable bonds is 3. The zero-order valence-corrected chi connectivity index (χ0v) is 11.1. The fourth-order valence-corrected chi connectivity index (χ4v) is 1.77. The van der Waals surface area contributed by atoms with Crippen LogP contribution in [-0.2, 0) is 0 Å². The zero-order valence-electron chi connectivity index (χ0n) is 11.1. The van der Waals surface area contributed by atoms with Crippen molar-refractivity contribution in [1.82, 2.24) is 10.3 Å². The van der Waals surface area contributed by atoms with Crippen LogP contribution in [0.15, 0.2) is 36.5 Å². The average molecular weight is 246 g/mol. The normalized spacial score (nSPS) is 13.8. The summed E-state index contributed by atoms with van der Waals surface area (Å²) in [5.41, 5.74) is 1.46. The molecule has 0 bridgehead atoms. The van der Waals surface area contributed by atoms with Crippen molar-refractivity contribution in [2.75, 3.05) is 6.54 Å². The molecule has 0 aliphatic carbocycles. The van der Waals surface area contributed by atoms with Gasteiger partial charge in [-0.3, -0.25) is 4.98 Å². The number of para-hydroxylation sites is 1. The minimum absolute atomic E-state index is 0.0748. The second-order valence-electron chi connectivity index (χ2n) is 5.56. The summed E-state index contributed by atoms with van der Waals surface area (Å²) in [6, 6.07) is 9.63. The Morgan fingerprint density at radius 2 is 2.00 bits per heavy atom. The predicted octanol–water partition coefficient (Wildman–Crippen LogP) is 3.63. The molecule has 0 radical (unpaired) electrons. The van der Waals surface area contributed by atoms with Gasteiger partial charge in [-0.15, -0.1) is 0 Å². The van der Waals surface area contributed by atoms with E-state index in [1.165, 1.54) is 0 Å². The van der Waals surface area contributed by atoms with Gasteiger partial charge in [0.25, 0.3) is 0 Å². The third-order valence-electron chi connectivity index (χ3n) is 2.78. The number of fused-ring (bicyclic) bond motifs is 1. The maximum atomic E-state index is 14.1. The van der Waals surface area contributed by atoms with Crippen LogP contribution in [0.1, 0.15) is 32.5 Å². The van der Waals surface area contributed by atoms with Gasteiger partial charge in [-0.25, -0.2) is 4.39 Å². The van der Waals surface area contributed by atoms with E-state index in [2.05, 4.69) is 10.3 Å². The lowest BCUT2D eigenvalue weighted by Crippen LogP contribution is -2.37. The van der Waals surface area contributed by atoms with Crippen molar-refractivity contribution in [1.29, 1.82) is 0 Å². The Labute approximate surface area is 107 Å². The van der Waals surface area contributed by atoms with Gasteiger partial charge in [-0.2, -0.15) is 0 Å². The first-order valence-corrected chi connectivity index (χ1v) is 6.19. The van der Waals surface area contributed by atoms with Crippen molar-refractivity contribution in [3.05, 3.63) is 42.1 Å². The minimum atomic E-state index is -1.03. The Kier molecular flexibility index (Phi) is 3.62. The van der Waals surface area contributed by atoms with E-state index in [-0.39, 0.29) is 5.54 Å². The van der Waals surface area contributed by atoms with Crippen LogP contribution in [0.2, 0.25) is 0 Å². The summed E-state index contributed by atoms with van der Waals surface area (Å²) < 4.78 is 14.1. The van der Waals surface area contributed by atoms with Crippen LogP contribution in [0.25, 0.3) is 10.9 Å². The summed E-state index contributed by atoms with van der Waals surface area (Å²) in [6.45, 7) is 6.39. The number of halogens is 1. The minimum Gasteiger partial charge on any atom is -0.309 e. The molecule has 1 aromatic carbocycles. The van der Waals surface area contributed by atoms with Gasteiger partial charge < -0.3 is 5.32 Å². The molecule has 0 aliphatic heterocycles. The van der Waals surface area contributed by atoms with E-state index in [0.29, 0.717) is 12.1 Å². The molecule has 0 fully saturated rings. The molecule has 0 spiro atoms. The van der Waals surface area contributed by atoms with Crippen molar-refractivity contribution in [2.45, 2.75) is 32.5 Å². The topological polar surface area (TPSA) is 24.9 Å². The van der Waals surface area contributed by atoms with Crippen molar-refractivity contribution in [2.24, 2.45) is 0 Å². The van der Waals surface area contributed by atoms with Gasteiger partial charge in [-0.1, -0.05) is 18.2 Å². The van der Waals surface area contributed by atoms with Gasteiger partial charge in [0.1, 0.15) is 6.17 Å². The number of aromatic nitrogens is 1. The number of nitrogens with zero attached hydrogens (tertiary/aromatic N) is 1. The molecule has 1 N–H and O–H groups in total. The third-order valence-corrected chi connectivity index (χ3v) is 2.78. The maximum absolute atomic E-state index is 14.1. The van der Waals surface area contributed by atoms with Crippen molar-refractivity contribution in [3.63, 3.8) is 0 Å². The van der Waals surface area contributed by atoms with Crippen molar-refractivity contribution in [3.8, 4) is 0 Å². The first-order valence-electron chi connectivity index (χ1n) is 6.19. The van der Waals surface area contributed by atoms with E-state index < -0.39 is 6.17 Å². The van der Waals surface area contributed by atoms with E-state index in [4.69, 9.17) is 0 Å². The molecular weight excluding hydrogens is 227 g/mol. The van der Waals surface area contributed by atoms with Gasteiger partial charge in [0.05, 0.1) is 5.52 Å². The number of nitrogens with one attached hydrogen (secondary N) is 1. The number of alkyl halides is 1. The molecule has 2 rings (SSSR count). The summed E-state index contributed by atoms with van der Waals surface area (Å²) in [6.07, 6.45) is 0.596. The van der Waals surface area contributed by atoms with Crippen molar-refractivity contribution >= 4 is 10.9 Å². The Morgan fingerprint density at radius 3 is 2.72 bits per heavy atom. The highest BCUT2D eigenvalue weighted by Gasteiger charge is 2.15. The second-order valence-corrected chi connectivity index (χ2v) is 5.56. The Balaban J connectivity index is 2.15. The first-order chi connectivity index (χ1) is 8.46. The van der Waals surface area contributed by atoms with E-state index in [9.17, 15) is 4.39 Å². The number of hydrogen-bond acceptors (Lipinski definition) is 2. The Bertz CT molecular complexity index is 531. The van der Waals surface area contributed by atoms with E-state index in [1.54, 1.807) is 6.20 Å². The highest BCUT2D eigenvalue weighted by molar-refractivity contribution is 5.78. The molecule has 3 heteroatoms. The molecular formula is C15H19FN2. The van der Waals surface area contributed by atoms with Gasteiger partial charge in [0.15, 0.2) is 0 Å². The predicted molar refractivity (Wildman–Crippen MR) is 73.3 cm³/mol. The van der Waals surface area contributed by atoms with Crippen LogP contribution < -0.4 is 5.32 Å². The molecule has 0 saturated heterocycles. The highest BCUT2D eigenvalue weighted by atomic mass is 19.1. The fraction of sp³-hybridized carbons (Fsp3) is 0.400. The van der Waals surface area contributed by atoms with Gasteiger partial charge >= 0.3 is 0 Å². The number of hydrogen-bond donors (Lipinski definition) is 1. The third kappa shape index (κ3) is 3.26. The monoisotopic (exact) mass is 246 g/mol. The van der Waals surface area contributed by atoms with E-state index in [1.807, 2.05) is 51.1 Å². The number of pyridine rings is 1. The summed E-state index contributed by atoms with van der Waals surface area (Å²) in [4.78, 5) is 4.28. The molecule has 18 heavy (non-hydrogen) atoms. The van der Waals surface area contributed by atoms with Gasteiger partial charge in [0, 0.05) is 29.2 Å². The van der Waals surface area contributed by atoms with Crippen LogP contribution >= 0.6 is 0 Å². The zero-order chi connectivity index (χ0) is 13.2. The van der Waals surface area contributed by atoms with Crippen LogP contribution in [0, 0.1) is 0 Å². The molecule has 0 amide bonds. The molecule has 0 aliphatic rings. The largest absolute Gasteiger partial charge is 0.309 e. The fourth-order valence-electron chi connectivity index (χ4n) is 1.77. The number of benzene rings is 1. The van der Waals surface area contributed by atoms with Crippen LogP contribution in [0.3, 0.4) is 0 Å². The lowest BCUT2D eigenvalue weighted by Gasteiger charge is -2.22.